The van der Waals surface area contributed by atoms with Crippen LogP contribution >= 0.6 is 15.9 Å². The second-order valence-electron chi connectivity index (χ2n) is 4.43. The number of alkyl halides is 1. The average Bonchev–Trinajstić information content (AvgIpc) is 2.49. The molecule has 0 atom stereocenters. The van der Waals surface area contributed by atoms with E-state index in [1.807, 2.05) is 25.1 Å². The first kappa shape index (κ1) is 15.3. The third-order valence-corrected chi connectivity index (χ3v) is 3.62. The number of aryl methyl sites for hydroxylation is 1. The molecule has 0 heterocycles. The van der Waals surface area contributed by atoms with Gasteiger partial charge in [0.1, 0.15) is 11.5 Å². The lowest BCUT2D eigenvalue weighted by Crippen LogP contribution is -1.95. The van der Waals surface area contributed by atoms with E-state index in [1.54, 1.807) is 6.07 Å². The summed E-state index contributed by atoms with van der Waals surface area (Å²) >= 11 is 3.39. The van der Waals surface area contributed by atoms with Gasteiger partial charge in [0.2, 0.25) is 0 Å². The minimum Gasteiger partial charge on any atom is -0.490 e. The summed E-state index contributed by atoms with van der Waals surface area (Å²) in [5.74, 6) is 1.27. The van der Waals surface area contributed by atoms with Crippen molar-refractivity contribution in [1.29, 1.82) is 0 Å². The van der Waals surface area contributed by atoms with E-state index in [-0.39, 0.29) is 11.4 Å². The van der Waals surface area contributed by atoms with Gasteiger partial charge in [0, 0.05) is 5.33 Å². The van der Waals surface area contributed by atoms with Crippen molar-refractivity contribution < 1.29 is 14.4 Å². The number of rotatable bonds is 5. The highest BCUT2D eigenvalue weighted by atomic mass is 79.9. The number of nitro groups is 1. The second kappa shape index (κ2) is 6.58. The molecule has 21 heavy (non-hydrogen) atoms. The fourth-order valence-corrected chi connectivity index (χ4v) is 2.26. The largest absolute Gasteiger partial charge is 0.490 e. The molecule has 0 saturated heterocycles. The molecule has 0 bridgehead atoms. The predicted octanol–water partition coefficient (Wildman–Crippen LogP) is 4.60. The Morgan fingerprint density at radius 2 is 1.90 bits per heavy atom. The number of nitrogens with zero attached hydrogens (tertiary/aromatic N) is 1. The summed E-state index contributed by atoms with van der Waals surface area (Å²) in [5, 5.41) is 11.8. The van der Waals surface area contributed by atoms with E-state index in [0.717, 1.165) is 16.5 Å². The van der Waals surface area contributed by atoms with Crippen LogP contribution in [0.1, 0.15) is 11.1 Å². The summed E-state index contributed by atoms with van der Waals surface area (Å²) in [4.78, 5) is 10.5. The quantitative estimate of drug-likeness (QED) is 0.448. The Hall–Kier alpha value is -2.08. The van der Waals surface area contributed by atoms with Gasteiger partial charge in [0.25, 0.3) is 0 Å². The fraction of sp³-hybridized carbons (Fsp3) is 0.200. The smallest absolute Gasteiger partial charge is 0.314 e. The Labute approximate surface area is 130 Å². The maximum Gasteiger partial charge on any atom is 0.314 e. The van der Waals surface area contributed by atoms with Crippen LogP contribution in [0.25, 0.3) is 0 Å². The fourth-order valence-electron chi connectivity index (χ4n) is 1.91. The molecule has 0 aromatic heterocycles. The van der Waals surface area contributed by atoms with Gasteiger partial charge in [-0.1, -0.05) is 28.1 Å². The number of halogens is 1. The zero-order valence-electron chi connectivity index (χ0n) is 11.6. The lowest BCUT2D eigenvalue weighted by Gasteiger charge is -2.10. The Bertz CT molecular complexity index is 673. The maximum absolute atomic E-state index is 11.0. The normalized spacial score (nSPS) is 10.2. The summed E-state index contributed by atoms with van der Waals surface area (Å²) in [6.07, 6.45) is 0. The first-order valence-corrected chi connectivity index (χ1v) is 7.33. The van der Waals surface area contributed by atoms with Crippen molar-refractivity contribution in [3.8, 4) is 17.2 Å². The number of nitro benzene ring substituents is 1. The minimum absolute atomic E-state index is 0.121. The van der Waals surface area contributed by atoms with E-state index >= 15 is 0 Å². The zero-order valence-corrected chi connectivity index (χ0v) is 13.2. The summed E-state index contributed by atoms with van der Waals surface area (Å²) in [7, 11) is 1.39. The molecule has 0 saturated carbocycles. The van der Waals surface area contributed by atoms with Crippen LogP contribution in [0.15, 0.2) is 36.4 Å². The molecule has 0 radical (unpaired) electrons. The third-order valence-electron chi connectivity index (χ3n) is 2.97. The van der Waals surface area contributed by atoms with Crippen LogP contribution in [-0.2, 0) is 5.33 Å². The van der Waals surface area contributed by atoms with Gasteiger partial charge in [-0.15, -0.1) is 0 Å². The van der Waals surface area contributed by atoms with Crippen molar-refractivity contribution >= 4 is 21.6 Å². The van der Waals surface area contributed by atoms with Crippen molar-refractivity contribution in [2.75, 3.05) is 7.11 Å². The highest BCUT2D eigenvalue weighted by Crippen LogP contribution is 2.34. The van der Waals surface area contributed by atoms with E-state index in [2.05, 4.69) is 15.9 Å². The molecule has 0 fully saturated rings. The zero-order chi connectivity index (χ0) is 15.4. The second-order valence-corrected chi connectivity index (χ2v) is 4.99. The molecule has 0 unspecified atom stereocenters. The van der Waals surface area contributed by atoms with Crippen LogP contribution in [0, 0.1) is 17.0 Å². The molecular weight excluding hydrogens is 338 g/mol. The molecule has 0 amide bonds. The average molecular weight is 352 g/mol. The van der Waals surface area contributed by atoms with E-state index in [9.17, 15) is 10.1 Å². The molecule has 0 N–H and O–H groups in total. The van der Waals surface area contributed by atoms with Gasteiger partial charge in [0.05, 0.1) is 18.1 Å². The number of benzene rings is 2. The lowest BCUT2D eigenvalue weighted by molar-refractivity contribution is -0.385. The molecule has 0 spiro atoms. The topological polar surface area (TPSA) is 61.6 Å². The van der Waals surface area contributed by atoms with E-state index in [4.69, 9.17) is 9.47 Å². The Morgan fingerprint density at radius 3 is 2.48 bits per heavy atom. The van der Waals surface area contributed by atoms with Gasteiger partial charge in [-0.3, -0.25) is 10.1 Å². The van der Waals surface area contributed by atoms with Crippen molar-refractivity contribution in [3.63, 3.8) is 0 Å². The van der Waals surface area contributed by atoms with E-state index in [0.29, 0.717) is 11.5 Å². The Kier molecular flexibility index (Phi) is 4.80. The SMILES string of the molecule is COc1ccc(Oc2ccc(CBr)cc2C)cc1[N+](=O)[O-]. The Balaban J connectivity index is 2.31. The van der Waals surface area contributed by atoms with Crippen LogP contribution in [0.4, 0.5) is 5.69 Å². The number of hydrogen-bond donors (Lipinski definition) is 0. The molecule has 2 rings (SSSR count). The molecular formula is C15H14BrNO4. The van der Waals surface area contributed by atoms with E-state index in [1.165, 1.54) is 19.2 Å². The molecule has 0 aliphatic carbocycles. The standard InChI is InChI=1S/C15H14BrNO4/c1-10-7-11(9-16)3-5-14(10)21-12-4-6-15(20-2)13(8-12)17(18)19/h3-8H,9H2,1-2H3. The third kappa shape index (κ3) is 3.52. The van der Waals surface area contributed by atoms with Crippen LogP contribution in [0.5, 0.6) is 17.2 Å². The minimum atomic E-state index is -0.494. The Morgan fingerprint density at radius 1 is 1.19 bits per heavy atom. The van der Waals surface area contributed by atoms with Crippen molar-refractivity contribution in [2.24, 2.45) is 0 Å². The summed E-state index contributed by atoms with van der Waals surface area (Å²) < 4.78 is 10.7. The predicted molar refractivity (Wildman–Crippen MR) is 83.5 cm³/mol. The van der Waals surface area contributed by atoms with E-state index < -0.39 is 4.92 Å². The first-order valence-electron chi connectivity index (χ1n) is 6.21. The number of hydrogen-bond acceptors (Lipinski definition) is 4. The van der Waals surface area contributed by atoms with Crippen molar-refractivity contribution in [1.82, 2.24) is 0 Å². The summed E-state index contributed by atoms with van der Waals surface area (Å²) in [5.41, 5.74) is 1.98. The molecule has 0 aliphatic heterocycles. The van der Waals surface area contributed by atoms with Crippen LogP contribution in [0.3, 0.4) is 0 Å². The molecule has 2 aromatic rings. The number of ether oxygens (including phenoxy) is 2. The molecule has 2 aromatic carbocycles. The molecule has 6 heteroatoms. The molecule has 0 aliphatic rings. The highest BCUT2D eigenvalue weighted by molar-refractivity contribution is 9.08. The number of methoxy groups -OCH3 is 1. The van der Waals surface area contributed by atoms with Crippen LogP contribution in [-0.4, -0.2) is 12.0 Å². The van der Waals surface area contributed by atoms with Crippen molar-refractivity contribution in [2.45, 2.75) is 12.3 Å². The lowest BCUT2D eigenvalue weighted by atomic mass is 10.1. The monoisotopic (exact) mass is 351 g/mol. The van der Waals surface area contributed by atoms with Crippen LogP contribution < -0.4 is 9.47 Å². The summed E-state index contributed by atoms with van der Waals surface area (Å²) in [6, 6.07) is 10.3. The van der Waals surface area contributed by atoms with Gasteiger partial charge < -0.3 is 9.47 Å². The van der Waals surface area contributed by atoms with Gasteiger partial charge in [0.15, 0.2) is 5.75 Å². The first-order chi connectivity index (χ1) is 10.0. The highest BCUT2D eigenvalue weighted by Gasteiger charge is 2.16. The van der Waals surface area contributed by atoms with Gasteiger partial charge in [-0.25, -0.2) is 0 Å². The maximum atomic E-state index is 11.0. The summed E-state index contributed by atoms with van der Waals surface area (Å²) in [6.45, 7) is 1.93. The van der Waals surface area contributed by atoms with Crippen molar-refractivity contribution in [3.05, 3.63) is 57.6 Å². The van der Waals surface area contributed by atoms with Gasteiger partial charge in [-0.2, -0.15) is 0 Å². The molecule has 5 nitrogen and oxygen atoms in total. The van der Waals surface area contributed by atoms with Crippen LogP contribution in [0.2, 0.25) is 0 Å². The van der Waals surface area contributed by atoms with Gasteiger partial charge >= 0.3 is 5.69 Å². The van der Waals surface area contributed by atoms with Gasteiger partial charge in [-0.05, 0) is 36.2 Å². The molecule has 110 valence electrons.